The number of anilines is 1. The summed E-state index contributed by atoms with van der Waals surface area (Å²) in [4.78, 5) is 11.8. The minimum Gasteiger partial charge on any atom is -0.332 e. The number of alkyl halides is 3. The summed E-state index contributed by atoms with van der Waals surface area (Å²) in [7, 11) is 0. The third kappa shape index (κ3) is 4.62. The zero-order valence-corrected chi connectivity index (χ0v) is 12.9. The van der Waals surface area contributed by atoms with E-state index in [9.17, 15) is 18.0 Å². The summed E-state index contributed by atoms with van der Waals surface area (Å²) in [5.74, 6) is 0. The fourth-order valence-electron chi connectivity index (χ4n) is 1.83. The van der Waals surface area contributed by atoms with E-state index in [2.05, 4.69) is 15.7 Å². The highest BCUT2D eigenvalue weighted by molar-refractivity contribution is 6.31. The predicted molar refractivity (Wildman–Crippen MR) is 80.2 cm³/mol. The number of halogens is 4. The summed E-state index contributed by atoms with van der Waals surface area (Å²) in [6.45, 7) is 2.59. The van der Waals surface area contributed by atoms with Crippen molar-refractivity contribution < 1.29 is 18.0 Å². The molecule has 0 saturated heterocycles. The third-order valence-corrected chi connectivity index (χ3v) is 3.29. The lowest BCUT2D eigenvalue weighted by Crippen LogP contribution is -2.28. The first-order chi connectivity index (χ1) is 10.8. The molecule has 0 fully saturated rings. The summed E-state index contributed by atoms with van der Waals surface area (Å²) in [6, 6.07) is 3.73. The summed E-state index contributed by atoms with van der Waals surface area (Å²) in [5, 5.41) is 9.39. The third-order valence-electron chi connectivity index (χ3n) is 2.98. The fraction of sp³-hybridized carbons (Fsp3) is 0.286. The SMILES string of the molecule is CCn1cc(Cl)c(CNC(=O)Nc2cccc(C(F)(F)F)c2)n1. The van der Waals surface area contributed by atoms with Gasteiger partial charge in [0.25, 0.3) is 0 Å². The number of urea groups is 1. The summed E-state index contributed by atoms with van der Waals surface area (Å²) < 4.78 is 39.4. The average Bonchev–Trinajstić information content (AvgIpc) is 2.85. The summed E-state index contributed by atoms with van der Waals surface area (Å²) >= 11 is 5.96. The highest BCUT2D eigenvalue weighted by Gasteiger charge is 2.30. The standard InChI is InChI=1S/C14H14ClF3N4O/c1-2-22-8-11(15)12(21-22)7-19-13(23)20-10-5-3-4-9(6-10)14(16,17)18/h3-6,8H,2,7H2,1H3,(H2,19,20,23). The van der Waals surface area contributed by atoms with Gasteiger partial charge in [0.05, 0.1) is 17.1 Å². The van der Waals surface area contributed by atoms with Crippen LogP contribution in [-0.2, 0) is 19.3 Å². The fourth-order valence-corrected chi connectivity index (χ4v) is 2.05. The van der Waals surface area contributed by atoms with Crippen molar-refractivity contribution in [2.75, 3.05) is 5.32 Å². The van der Waals surface area contributed by atoms with Gasteiger partial charge in [-0.1, -0.05) is 17.7 Å². The van der Waals surface area contributed by atoms with E-state index >= 15 is 0 Å². The molecule has 0 aliphatic carbocycles. The number of rotatable bonds is 4. The Hall–Kier alpha value is -2.22. The number of hydrogen-bond acceptors (Lipinski definition) is 2. The molecule has 0 atom stereocenters. The molecule has 0 aliphatic heterocycles. The van der Waals surface area contributed by atoms with Crippen molar-refractivity contribution >= 4 is 23.3 Å². The first kappa shape index (κ1) is 17.1. The van der Waals surface area contributed by atoms with E-state index in [0.29, 0.717) is 17.3 Å². The molecule has 1 aromatic heterocycles. The second kappa shape index (κ2) is 6.91. The molecule has 9 heteroatoms. The highest BCUT2D eigenvalue weighted by atomic mass is 35.5. The number of hydrogen-bond donors (Lipinski definition) is 2. The Bertz CT molecular complexity index is 700. The molecule has 1 heterocycles. The minimum atomic E-state index is -4.46. The number of aryl methyl sites for hydroxylation is 1. The Morgan fingerprint density at radius 2 is 2.13 bits per heavy atom. The van der Waals surface area contributed by atoms with Crippen molar-refractivity contribution in [2.45, 2.75) is 26.2 Å². The number of nitrogens with zero attached hydrogens (tertiary/aromatic N) is 2. The minimum absolute atomic E-state index is 0.0440. The molecule has 0 unspecified atom stereocenters. The monoisotopic (exact) mass is 346 g/mol. The molecular weight excluding hydrogens is 333 g/mol. The van der Waals surface area contributed by atoms with Crippen LogP contribution >= 0.6 is 11.6 Å². The molecule has 5 nitrogen and oxygen atoms in total. The van der Waals surface area contributed by atoms with Gasteiger partial charge in [-0.15, -0.1) is 0 Å². The summed E-state index contributed by atoms with van der Waals surface area (Å²) in [6.07, 6.45) is -2.84. The highest BCUT2D eigenvalue weighted by Crippen LogP contribution is 2.30. The number of carbonyl (C=O) groups is 1. The number of benzene rings is 1. The smallest absolute Gasteiger partial charge is 0.332 e. The van der Waals surface area contributed by atoms with Crippen LogP contribution in [-0.4, -0.2) is 15.8 Å². The molecular formula is C14H14ClF3N4O. The van der Waals surface area contributed by atoms with E-state index in [4.69, 9.17) is 11.6 Å². The maximum absolute atomic E-state index is 12.6. The number of aromatic nitrogens is 2. The second-order valence-corrected chi connectivity index (χ2v) is 5.07. The second-order valence-electron chi connectivity index (χ2n) is 4.67. The van der Waals surface area contributed by atoms with Crippen molar-refractivity contribution in [3.8, 4) is 0 Å². The van der Waals surface area contributed by atoms with Crippen LogP contribution in [0.4, 0.5) is 23.7 Å². The zero-order valence-electron chi connectivity index (χ0n) is 12.1. The van der Waals surface area contributed by atoms with Crippen molar-refractivity contribution in [3.63, 3.8) is 0 Å². The molecule has 2 rings (SSSR count). The van der Waals surface area contributed by atoms with E-state index in [1.807, 2.05) is 6.92 Å². The van der Waals surface area contributed by atoms with Gasteiger partial charge in [0.15, 0.2) is 0 Å². The lowest BCUT2D eigenvalue weighted by Gasteiger charge is -2.10. The first-order valence-corrected chi connectivity index (χ1v) is 7.11. The van der Waals surface area contributed by atoms with E-state index in [0.717, 1.165) is 12.1 Å². The molecule has 0 saturated carbocycles. The maximum atomic E-state index is 12.6. The topological polar surface area (TPSA) is 59.0 Å². The molecule has 0 radical (unpaired) electrons. The van der Waals surface area contributed by atoms with Gasteiger partial charge in [-0.3, -0.25) is 4.68 Å². The molecule has 2 N–H and O–H groups in total. The lowest BCUT2D eigenvalue weighted by atomic mass is 10.2. The maximum Gasteiger partial charge on any atom is 0.416 e. The van der Waals surface area contributed by atoms with Gasteiger partial charge in [0.2, 0.25) is 0 Å². The Morgan fingerprint density at radius 1 is 1.39 bits per heavy atom. The van der Waals surface area contributed by atoms with Crippen molar-refractivity contribution in [1.82, 2.24) is 15.1 Å². The number of amides is 2. The molecule has 23 heavy (non-hydrogen) atoms. The van der Waals surface area contributed by atoms with E-state index in [1.165, 1.54) is 12.1 Å². The van der Waals surface area contributed by atoms with Gasteiger partial charge < -0.3 is 10.6 Å². The average molecular weight is 347 g/mol. The first-order valence-electron chi connectivity index (χ1n) is 6.73. The van der Waals surface area contributed by atoms with Gasteiger partial charge in [-0.2, -0.15) is 18.3 Å². The number of nitrogens with one attached hydrogen (secondary N) is 2. The Labute approximate surface area is 135 Å². The zero-order chi connectivity index (χ0) is 17.0. The normalized spacial score (nSPS) is 11.3. The van der Waals surface area contributed by atoms with Crippen molar-refractivity contribution in [2.24, 2.45) is 0 Å². The molecule has 0 spiro atoms. The van der Waals surface area contributed by atoms with Crippen LogP contribution in [0.5, 0.6) is 0 Å². The molecule has 1 aromatic carbocycles. The van der Waals surface area contributed by atoms with Crippen LogP contribution in [0.3, 0.4) is 0 Å². The quantitative estimate of drug-likeness (QED) is 0.882. The van der Waals surface area contributed by atoms with Crippen LogP contribution in [0.25, 0.3) is 0 Å². The van der Waals surface area contributed by atoms with Gasteiger partial charge in [-0.25, -0.2) is 4.79 Å². The lowest BCUT2D eigenvalue weighted by molar-refractivity contribution is -0.137. The van der Waals surface area contributed by atoms with Crippen molar-refractivity contribution in [3.05, 3.63) is 46.7 Å². The molecule has 2 amide bonds. The van der Waals surface area contributed by atoms with Crippen LogP contribution in [0.1, 0.15) is 18.2 Å². The molecule has 2 aromatic rings. The molecule has 124 valence electrons. The number of carbonyl (C=O) groups excluding carboxylic acids is 1. The molecule has 0 bridgehead atoms. The van der Waals surface area contributed by atoms with Gasteiger partial charge in [-0.05, 0) is 25.1 Å². The predicted octanol–water partition coefficient (Wildman–Crippen LogP) is 3.90. The van der Waals surface area contributed by atoms with E-state index in [-0.39, 0.29) is 12.2 Å². The summed E-state index contributed by atoms with van der Waals surface area (Å²) in [5.41, 5.74) is -0.310. The van der Waals surface area contributed by atoms with Gasteiger partial charge in [0.1, 0.15) is 5.69 Å². The Kier molecular flexibility index (Phi) is 5.15. The van der Waals surface area contributed by atoms with Gasteiger partial charge in [0, 0.05) is 18.4 Å². The van der Waals surface area contributed by atoms with Crippen LogP contribution < -0.4 is 10.6 Å². The van der Waals surface area contributed by atoms with Crippen LogP contribution in [0.2, 0.25) is 5.02 Å². The van der Waals surface area contributed by atoms with Crippen LogP contribution in [0, 0.1) is 0 Å². The van der Waals surface area contributed by atoms with E-state index < -0.39 is 17.8 Å². The Balaban J connectivity index is 1.96. The van der Waals surface area contributed by atoms with Crippen molar-refractivity contribution in [1.29, 1.82) is 0 Å². The van der Waals surface area contributed by atoms with Crippen LogP contribution in [0.15, 0.2) is 30.5 Å². The largest absolute Gasteiger partial charge is 0.416 e. The Morgan fingerprint density at radius 3 is 2.74 bits per heavy atom. The van der Waals surface area contributed by atoms with Gasteiger partial charge >= 0.3 is 12.2 Å². The molecule has 0 aliphatic rings. The van der Waals surface area contributed by atoms with E-state index in [1.54, 1.807) is 10.9 Å².